The van der Waals surface area contributed by atoms with Gasteiger partial charge >= 0.3 is 11.9 Å². The molecule has 8 rings (SSSR count). The molecule has 6 aromatic rings. The number of thiazole rings is 1. The highest BCUT2D eigenvalue weighted by atomic mass is 32.1. The molecule has 2 aliphatic rings. The zero-order valence-electron chi connectivity index (χ0n) is 38.4. The van der Waals surface area contributed by atoms with E-state index in [9.17, 15) is 24.3 Å². The van der Waals surface area contributed by atoms with Crippen LogP contribution in [0.4, 0.5) is 0 Å². The second-order valence-electron chi connectivity index (χ2n) is 18.0. The Labute approximate surface area is 400 Å². The summed E-state index contributed by atoms with van der Waals surface area (Å²) in [6.45, 7) is 5.69. The van der Waals surface area contributed by atoms with Gasteiger partial charge < -0.3 is 45.6 Å². The number of aromatic nitrogens is 2. The monoisotopic (exact) mass is 942 g/mol. The van der Waals surface area contributed by atoms with Crippen LogP contribution in [0.5, 0.6) is 17.2 Å². The molecule has 2 amide bonds. The molecule has 68 heavy (non-hydrogen) atoms. The number of aromatic amines is 1. The predicted octanol–water partition coefficient (Wildman–Crippen LogP) is 8.25. The zero-order valence-corrected chi connectivity index (χ0v) is 39.3. The third kappa shape index (κ3) is 13.9. The van der Waals surface area contributed by atoms with E-state index in [1.807, 2.05) is 72.8 Å². The molecule has 4 aromatic carbocycles. The van der Waals surface area contributed by atoms with Gasteiger partial charge in [0.15, 0.2) is 5.01 Å². The molecular weight excluding hydrogens is 881 g/mol. The van der Waals surface area contributed by atoms with Crippen LogP contribution < -0.4 is 35.5 Å². The Bertz CT molecular complexity index is 2570. The second-order valence-corrected chi connectivity index (χ2v) is 19.0. The Morgan fingerprint density at radius 2 is 1.22 bits per heavy atom. The van der Waals surface area contributed by atoms with Gasteiger partial charge in [0.05, 0.1) is 23.4 Å². The van der Waals surface area contributed by atoms with Gasteiger partial charge in [0.25, 0.3) is 11.8 Å². The van der Waals surface area contributed by atoms with E-state index in [2.05, 4.69) is 31.2 Å². The minimum absolute atomic E-state index is 0.0748. The van der Waals surface area contributed by atoms with E-state index in [0.29, 0.717) is 29.6 Å². The third-order valence-corrected chi connectivity index (χ3v) is 14.0. The molecule has 6 N–H and O–H groups in total. The van der Waals surface area contributed by atoms with Crippen molar-refractivity contribution in [1.29, 1.82) is 0 Å². The van der Waals surface area contributed by atoms with Gasteiger partial charge in [0.2, 0.25) is 0 Å². The number of H-pyrrole nitrogens is 1. The van der Waals surface area contributed by atoms with Crippen LogP contribution in [0, 0.1) is 11.8 Å². The number of piperidine rings is 2. The maximum absolute atomic E-state index is 13.9. The molecule has 2 fully saturated rings. The lowest BCUT2D eigenvalue weighted by Gasteiger charge is -2.22. The number of carbonyl (C=O) groups excluding carboxylic acids is 3. The molecule has 2 aromatic heterocycles. The summed E-state index contributed by atoms with van der Waals surface area (Å²) >= 11 is 1.24. The van der Waals surface area contributed by atoms with Crippen LogP contribution in [0.2, 0.25) is 0 Å². The Kier molecular flexibility index (Phi) is 17.1. The van der Waals surface area contributed by atoms with Crippen LogP contribution in [0.15, 0.2) is 97.1 Å². The molecule has 4 heterocycles. The van der Waals surface area contributed by atoms with Gasteiger partial charge in [-0.1, -0.05) is 49.2 Å². The zero-order chi connectivity index (χ0) is 47.1. The number of carboxylic acids is 1. The number of aliphatic carboxylic acids is 1. The largest absolute Gasteiger partial charge is 0.494 e. The standard InChI is InChI=1S/C53H62N6O8S/c60-49(57-46(52(62)63)31-37-11-15-40(16-12-37)65-29-5-3-7-35-21-25-54-26-22-35)45-34-39-33-42(19-20-43(39)56-45)67-53(64)47(58-50(61)51-59-44-9-1-2-10-48(44)68-51)32-38-13-17-41(18-14-38)66-30-6-4-8-36-23-27-55-28-24-36/h1-2,9-20,33-36,46-47,54-56H,3-8,21-32H2,(H,57,60)(H,58,61)(H,62,63). The van der Waals surface area contributed by atoms with Gasteiger partial charge in [-0.25, -0.2) is 14.6 Å². The van der Waals surface area contributed by atoms with Gasteiger partial charge in [-0.05, 0) is 161 Å². The molecule has 2 unspecified atom stereocenters. The van der Waals surface area contributed by atoms with Crippen molar-refractivity contribution in [3.63, 3.8) is 0 Å². The SMILES string of the molecule is O=C(NC(Cc1ccc(OCCCCC2CCNCC2)cc1)C(=O)O)c1cc2cc(OC(=O)C(Cc3ccc(OCCCCC4CCNCC4)cc3)NC(=O)c3nc4ccccc4s3)ccc2[nH]1. The summed E-state index contributed by atoms with van der Waals surface area (Å²) in [4.78, 5) is 60.8. The fraction of sp³-hybridized carbons (Fsp3) is 0.415. The van der Waals surface area contributed by atoms with Crippen molar-refractivity contribution in [2.24, 2.45) is 11.8 Å². The molecule has 2 aliphatic heterocycles. The minimum atomic E-state index is -1.19. The highest BCUT2D eigenvalue weighted by Crippen LogP contribution is 2.26. The van der Waals surface area contributed by atoms with Crippen LogP contribution in [-0.2, 0) is 22.4 Å². The number of unbranched alkanes of at least 4 members (excludes halogenated alkanes) is 2. The Balaban J connectivity index is 0.860. The number of fused-ring (bicyclic) bond motifs is 2. The van der Waals surface area contributed by atoms with Crippen molar-refractivity contribution < 1.29 is 38.5 Å². The number of hydrogen-bond acceptors (Lipinski definition) is 11. The Morgan fingerprint density at radius 3 is 1.81 bits per heavy atom. The number of ether oxygens (including phenoxy) is 3. The molecule has 358 valence electrons. The lowest BCUT2D eigenvalue weighted by molar-refractivity contribution is -0.139. The molecule has 0 saturated carbocycles. The number of carboxylic acid groups (broad SMARTS) is 1. The second kappa shape index (κ2) is 24.1. The summed E-state index contributed by atoms with van der Waals surface area (Å²) in [5.41, 5.74) is 2.94. The number of esters is 1. The van der Waals surface area contributed by atoms with Gasteiger partial charge in [0.1, 0.15) is 35.0 Å². The van der Waals surface area contributed by atoms with E-state index >= 15 is 0 Å². The van der Waals surface area contributed by atoms with E-state index in [1.54, 1.807) is 24.3 Å². The molecule has 0 radical (unpaired) electrons. The molecular formula is C53H62N6O8S. The summed E-state index contributed by atoms with van der Waals surface area (Å²) < 4.78 is 18.7. The quantitative estimate of drug-likeness (QED) is 0.0206. The molecule has 2 saturated heterocycles. The normalized spacial score (nSPS) is 15.4. The van der Waals surface area contributed by atoms with E-state index in [4.69, 9.17) is 14.2 Å². The molecule has 0 bridgehead atoms. The minimum Gasteiger partial charge on any atom is -0.494 e. The number of rotatable bonds is 23. The Morgan fingerprint density at radius 1 is 0.662 bits per heavy atom. The van der Waals surface area contributed by atoms with E-state index in [0.717, 1.165) is 91.0 Å². The number of carbonyl (C=O) groups is 4. The topological polar surface area (TPSA) is 193 Å². The molecule has 14 nitrogen and oxygen atoms in total. The number of hydrogen-bond donors (Lipinski definition) is 6. The van der Waals surface area contributed by atoms with Crippen molar-refractivity contribution in [2.75, 3.05) is 39.4 Å². The summed E-state index contributed by atoms with van der Waals surface area (Å²) in [5.74, 6) is 0.302. The van der Waals surface area contributed by atoms with Gasteiger partial charge in [-0.3, -0.25) is 9.59 Å². The Hall–Kier alpha value is -6.29. The predicted molar refractivity (Wildman–Crippen MR) is 264 cm³/mol. The first-order valence-electron chi connectivity index (χ1n) is 24.1. The highest BCUT2D eigenvalue weighted by Gasteiger charge is 2.27. The van der Waals surface area contributed by atoms with Crippen molar-refractivity contribution >= 4 is 56.2 Å². The van der Waals surface area contributed by atoms with Crippen molar-refractivity contribution in [3.8, 4) is 17.2 Å². The van der Waals surface area contributed by atoms with Crippen molar-refractivity contribution in [2.45, 2.75) is 89.1 Å². The van der Waals surface area contributed by atoms with Crippen LogP contribution in [0.25, 0.3) is 21.1 Å². The summed E-state index contributed by atoms with van der Waals surface area (Å²) in [7, 11) is 0. The first-order valence-corrected chi connectivity index (χ1v) is 24.9. The lowest BCUT2D eigenvalue weighted by Crippen LogP contribution is -2.44. The fourth-order valence-electron chi connectivity index (χ4n) is 9.01. The fourth-order valence-corrected chi connectivity index (χ4v) is 9.88. The molecule has 15 heteroatoms. The maximum atomic E-state index is 13.9. The van der Waals surface area contributed by atoms with E-state index in [-0.39, 0.29) is 29.3 Å². The van der Waals surface area contributed by atoms with E-state index in [1.165, 1.54) is 49.9 Å². The molecule has 0 spiro atoms. The number of nitrogens with one attached hydrogen (secondary N) is 5. The number of nitrogens with zero attached hydrogens (tertiary/aromatic N) is 1. The van der Waals surface area contributed by atoms with Gasteiger partial charge in [0, 0.05) is 23.7 Å². The number of benzene rings is 4. The van der Waals surface area contributed by atoms with E-state index < -0.39 is 35.8 Å². The van der Waals surface area contributed by atoms with Crippen LogP contribution in [0.3, 0.4) is 0 Å². The van der Waals surface area contributed by atoms with Crippen LogP contribution in [0.1, 0.15) is 95.6 Å². The summed E-state index contributed by atoms with van der Waals surface area (Å²) in [6, 6.07) is 26.4. The smallest absolute Gasteiger partial charge is 0.334 e. The maximum Gasteiger partial charge on any atom is 0.334 e. The lowest BCUT2D eigenvalue weighted by atomic mass is 9.93. The van der Waals surface area contributed by atoms with Crippen LogP contribution in [-0.4, -0.2) is 90.3 Å². The molecule has 2 atom stereocenters. The van der Waals surface area contributed by atoms with Crippen molar-refractivity contribution in [3.05, 3.63) is 119 Å². The third-order valence-electron chi connectivity index (χ3n) is 12.9. The van der Waals surface area contributed by atoms with Crippen LogP contribution >= 0.6 is 11.3 Å². The van der Waals surface area contributed by atoms with Gasteiger partial charge in [-0.2, -0.15) is 0 Å². The number of para-hydroxylation sites is 1. The van der Waals surface area contributed by atoms with Gasteiger partial charge in [-0.15, -0.1) is 11.3 Å². The first-order chi connectivity index (χ1) is 33.2. The average molecular weight is 943 g/mol. The number of amides is 2. The summed E-state index contributed by atoms with van der Waals surface area (Å²) in [5, 5.41) is 23.2. The molecule has 0 aliphatic carbocycles. The first kappa shape index (κ1) is 48.2. The summed E-state index contributed by atoms with van der Waals surface area (Å²) in [6.07, 6.45) is 11.9. The van der Waals surface area contributed by atoms with Crippen molar-refractivity contribution in [1.82, 2.24) is 31.2 Å². The average Bonchev–Trinajstić information content (AvgIpc) is 4.00. The highest BCUT2D eigenvalue weighted by molar-refractivity contribution is 7.20.